The van der Waals surface area contributed by atoms with Gasteiger partial charge >= 0.3 is 0 Å². The largest absolute Gasteiger partial charge is 0.336 e. The van der Waals surface area contributed by atoms with Crippen LogP contribution in [0.15, 0.2) is 53.3 Å². The summed E-state index contributed by atoms with van der Waals surface area (Å²) in [6.45, 7) is 2.72. The van der Waals surface area contributed by atoms with Crippen LogP contribution in [0.5, 0.6) is 0 Å². The monoisotopic (exact) mass is 443 g/mol. The number of hydrogen-bond acceptors (Lipinski definition) is 5. The van der Waals surface area contributed by atoms with Crippen LogP contribution >= 0.6 is 15.9 Å². The molecule has 2 aliphatic heterocycles. The third-order valence-corrected chi connectivity index (χ3v) is 5.76. The number of pyridine rings is 1. The highest BCUT2D eigenvalue weighted by molar-refractivity contribution is 9.10. The molecule has 0 saturated carbocycles. The number of rotatable bonds is 3. The molecule has 2 aromatic rings. The summed E-state index contributed by atoms with van der Waals surface area (Å²) in [5.41, 5.74) is 7.66. The van der Waals surface area contributed by atoms with E-state index >= 15 is 0 Å². The first-order valence-electron chi connectivity index (χ1n) is 9.35. The zero-order chi connectivity index (χ0) is 19.5. The molecule has 4 rings (SSSR count). The molecule has 2 amide bonds. The summed E-state index contributed by atoms with van der Waals surface area (Å²) < 4.78 is 0.794. The number of carbonyl (C=O) groups excluding carboxylic acids is 2. The first-order valence-corrected chi connectivity index (χ1v) is 10.1. The van der Waals surface area contributed by atoms with Crippen LogP contribution < -0.4 is 10.9 Å². The minimum absolute atomic E-state index is 0.00380. The van der Waals surface area contributed by atoms with Crippen LogP contribution in [-0.4, -0.2) is 58.8 Å². The van der Waals surface area contributed by atoms with Gasteiger partial charge in [0.1, 0.15) is 0 Å². The minimum atomic E-state index is -0.00688. The lowest BCUT2D eigenvalue weighted by Gasteiger charge is -2.44. The summed E-state index contributed by atoms with van der Waals surface area (Å²) in [6.07, 6.45) is 3.70. The number of benzene rings is 1. The van der Waals surface area contributed by atoms with Crippen LogP contribution in [0.2, 0.25) is 0 Å². The zero-order valence-electron chi connectivity index (χ0n) is 15.3. The number of aromatic nitrogens is 1. The maximum atomic E-state index is 12.7. The van der Waals surface area contributed by atoms with Crippen LogP contribution in [0, 0.1) is 0 Å². The molecule has 2 saturated heterocycles. The van der Waals surface area contributed by atoms with E-state index in [2.05, 4.69) is 48.8 Å². The molecule has 1 aromatic carbocycles. The fourth-order valence-electron chi connectivity index (χ4n) is 3.89. The van der Waals surface area contributed by atoms with Crippen LogP contribution in [0.1, 0.15) is 28.4 Å². The Bertz CT molecular complexity index is 855. The smallest absolute Gasteiger partial charge is 0.255 e. The molecule has 8 heteroatoms. The highest BCUT2D eigenvalue weighted by Crippen LogP contribution is 2.26. The summed E-state index contributed by atoms with van der Waals surface area (Å²) in [7, 11) is 0. The Morgan fingerprint density at radius 1 is 1.11 bits per heavy atom. The number of piperazine rings is 1. The molecule has 7 nitrogen and oxygen atoms in total. The van der Waals surface area contributed by atoms with E-state index in [9.17, 15) is 9.59 Å². The fraction of sp³-hybridized carbons (Fsp3) is 0.350. The topological polar surface area (TPSA) is 77.6 Å². The predicted molar refractivity (Wildman–Crippen MR) is 108 cm³/mol. The molecule has 0 spiro atoms. The van der Waals surface area contributed by atoms with Gasteiger partial charge in [-0.05, 0) is 27.6 Å². The van der Waals surface area contributed by atoms with Gasteiger partial charge in [-0.25, -0.2) is 5.43 Å². The van der Waals surface area contributed by atoms with Crippen molar-refractivity contribution >= 4 is 27.7 Å². The van der Waals surface area contributed by atoms with Gasteiger partial charge in [0.2, 0.25) is 5.91 Å². The van der Waals surface area contributed by atoms with Gasteiger partial charge < -0.3 is 4.90 Å². The van der Waals surface area contributed by atoms with Crippen molar-refractivity contribution in [3.05, 3.63) is 64.4 Å². The highest BCUT2D eigenvalue weighted by atomic mass is 79.9. The average Bonchev–Trinajstić information content (AvgIpc) is 2.74. The Kier molecular flexibility index (Phi) is 5.70. The second-order valence-corrected chi connectivity index (χ2v) is 7.99. The van der Waals surface area contributed by atoms with Gasteiger partial charge in [-0.3, -0.25) is 24.9 Å². The number of nitrogens with one attached hydrogen (secondary N) is 2. The summed E-state index contributed by atoms with van der Waals surface area (Å²) in [6, 6.07) is 12.0. The molecule has 2 atom stereocenters. The van der Waals surface area contributed by atoms with Crippen molar-refractivity contribution in [3.63, 3.8) is 0 Å². The molecule has 2 fully saturated rings. The predicted octanol–water partition coefficient (Wildman–Crippen LogP) is 1.74. The minimum Gasteiger partial charge on any atom is -0.336 e. The van der Waals surface area contributed by atoms with Crippen molar-refractivity contribution in [2.75, 3.05) is 26.2 Å². The Morgan fingerprint density at radius 2 is 1.86 bits per heavy atom. The van der Waals surface area contributed by atoms with E-state index in [0.717, 1.165) is 23.1 Å². The molecule has 2 aliphatic rings. The lowest BCUT2D eigenvalue weighted by Crippen LogP contribution is -2.60. The zero-order valence-corrected chi connectivity index (χ0v) is 16.9. The molecule has 1 aromatic heterocycles. The van der Waals surface area contributed by atoms with E-state index in [0.29, 0.717) is 25.1 Å². The third-order valence-electron chi connectivity index (χ3n) is 5.33. The van der Waals surface area contributed by atoms with E-state index in [-0.39, 0.29) is 23.9 Å². The number of nitrogens with zero attached hydrogens (tertiary/aromatic N) is 3. The molecule has 146 valence electrons. The van der Waals surface area contributed by atoms with Gasteiger partial charge in [0.15, 0.2) is 0 Å². The van der Waals surface area contributed by atoms with Crippen molar-refractivity contribution in [2.45, 2.75) is 18.5 Å². The Morgan fingerprint density at radius 3 is 2.57 bits per heavy atom. The Balaban J connectivity index is 1.44. The number of amides is 2. The van der Waals surface area contributed by atoms with Crippen LogP contribution in [0.3, 0.4) is 0 Å². The first-order chi connectivity index (χ1) is 13.6. The number of hydrogen-bond donors (Lipinski definition) is 2. The van der Waals surface area contributed by atoms with Crippen LogP contribution in [-0.2, 0) is 4.79 Å². The summed E-state index contributed by atoms with van der Waals surface area (Å²) >= 11 is 3.36. The van der Waals surface area contributed by atoms with Gasteiger partial charge in [-0.1, -0.05) is 30.3 Å². The van der Waals surface area contributed by atoms with Gasteiger partial charge in [0.05, 0.1) is 11.6 Å². The quantitative estimate of drug-likeness (QED) is 0.755. The van der Waals surface area contributed by atoms with Crippen molar-refractivity contribution in [3.8, 4) is 0 Å². The van der Waals surface area contributed by atoms with Gasteiger partial charge in [-0.2, -0.15) is 0 Å². The second-order valence-electron chi connectivity index (χ2n) is 7.07. The van der Waals surface area contributed by atoms with Crippen molar-refractivity contribution < 1.29 is 9.59 Å². The summed E-state index contributed by atoms with van der Waals surface area (Å²) in [5, 5.41) is 0. The van der Waals surface area contributed by atoms with E-state index in [1.807, 2.05) is 23.1 Å². The molecular formula is C20H22BrN5O2. The maximum Gasteiger partial charge on any atom is 0.255 e. The molecule has 3 heterocycles. The standard InChI is InChI=1S/C20H22BrN5O2/c21-16-10-15(12-22-13-16)20(28)26-8-6-25(7-9-26)17-11-18(27)23-24-19(17)14-4-2-1-3-5-14/h1-5,10,12-13,17,19,24H,6-9,11H2,(H,23,27). The molecule has 2 unspecified atom stereocenters. The number of hydrazine groups is 1. The van der Waals surface area contributed by atoms with Gasteiger partial charge in [0, 0.05) is 55.5 Å². The van der Waals surface area contributed by atoms with E-state index in [1.54, 1.807) is 18.5 Å². The molecule has 28 heavy (non-hydrogen) atoms. The average molecular weight is 444 g/mol. The normalized spacial score (nSPS) is 23.3. The van der Waals surface area contributed by atoms with E-state index in [4.69, 9.17) is 0 Å². The highest BCUT2D eigenvalue weighted by Gasteiger charge is 2.36. The lowest BCUT2D eigenvalue weighted by molar-refractivity contribution is -0.127. The lowest BCUT2D eigenvalue weighted by atomic mass is 9.93. The van der Waals surface area contributed by atoms with Crippen LogP contribution in [0.4, 0.5) is 0 Å². The van der Waals surface area contributed by atoms with E-state index < -0.39 is 0 Å². The van der Waals surface area contributed by atoms with Crippen molar-refractivity contribution in [1.29, 1.82) is 0 Å². The number of carbonyl (C=O) groups is 2. The third kappa shape index (κ3) is 4.09. The Hall–Kier alpha value is -2.29. The SMILES string of the molecule is O=C1CC(N2CCN(C(=O)c3cncc(Br)c3)CC2)C(c2ccccc2)NN1. The van der Waals surface area contributed by atoms with Crippen molar-refractivity contribution in [2.24, 2.45) is 0 Å². The molecule has 0 bridgehead atoms. The number of halogens is 1. The molecule has 2 N–H and O–H groups in total. The molecule has 0 radical (unpaired) electrons. The summed E-state index contributed by atoms with van der Waals surface area (Å²) in [5.74, 6) is -0.0107. The fourth-order valence-corrected chi connectivity index (χ4v) is 4.25. The first kappa shape index (κ1) is 19.0. The van der Waals surface area contributed by atoms with Gasteiger partial charge in [-0.15, -0.1) is 0 Å². The summed E-state index contributed by atoms with van der Waals surface area (Å²) in [4.78, 5) is 33.0. The second kappa shape index (κ2) is 8.38. The van der Waals surface area contributed by atoms with Crippen LogP contribution in [0.25, 0.3) is 0 Å². The van der Waals surface area contributed by atoms with E-state index in [1.165, 1.54) is 0 Å². The molecule has 0 aliphatic carbocycles. The Labute approximate surface area is 172 Å². The van der Waals surface area contributed by atoms with Gasteiger partial charge in [0.25, 0.3) is 5.91 Å². The molecular weight excluding hydrogens is 422 g/mol. The maximum absolute atomic E-state index is 12.7. The van der Waals surface area contributed by atoms with Crippen molar-refractivity contribution in [1.82, 2.24) is 25.6 Å².